The Bertz CT molecular complexity index is 1830. The molecular formula is C28H22O11. The van der Waals surface area contributed by atoms with Crippen LogP contribution in [0.3, 0.4) is 0 Å². The molecule has 2 aromatic heterocycles. The summed E-state index contributed by atoms with van der Waals surface area (Å²) in [5.74, 6) is -2.20. The van der Waals surface area contributed by atoms with Crippen LogP contribution in [0.4, 0.5) is 0 Å². The van der Waals surface area contributed by atoms with Crippen LogP contribution in [-0.4, -0.2) is 47.7 Å². The molecule has 0 aliphatic carbocycles. The summed E-state index contributed by atoms with van der Waals surface area (Å²) < 4.78 is 27.6. The van der Waals surface area contributed by atoms with Crippen LogP contribution < -0.4 is 14.9 Å². The van der Waals surface area contributed by atoms with E-state index in [-0.39, 0.29) is 51.0 Å². The standard InChI is InChI=1S/C28H22O11/c1-35-18-7-5-13(9-19(18)36-2)26-14(10-21(32)37-3)22-20(38-26)11-17(31)23-24(33)25(34)27(39-28(22)23)12-4-6-15(29)16(30)8-12/h4-9,11,29-31,34H,10H2,1-3H3. The van der Waals surface area contributed by atoms with Gasteiger partial charge >= 0.3 is 5.97 Å². The molecule has 0 fully saturated rings. The molecule has 11 nitrogen and oxygen atoms in total. The highest BCUT2D eigenvalue weighted by molar-refractivity contribution is 6.10. The second-order valence-electron chi connectivity index (χ2n) is 8.52. The monoisotopic (exact) mass is 534 g/mol. The van der Waals surface area contributed by atoms with E-state index in [2.05, 4.69) is 0 Å². The van der Waals surface area contributed by atoms with Gasteiger partial charge in [-0.2, -0.15) is 0 Å². The second-order valence-corrected chi connectivity index (χ2v) is 8.52. The van der Waals surface area contributed by atoms with Crippen molar-refractivity contribution < 1.29 is 48.3 Å². The predicted octanol–water partition coefficient (Wildman–Crippen LogP) is 4.43. The number of hydrogen-bond donors (Lipinski definition) is 4. The normalized spacial score (nSPS) is 11.2. The van der Waals surface area contributed by atoms with Crippen LogP contribution >= 0.6 is 0 Å². The average Bonchev–Trinajstić information content (AvgIpc) is 3.28. The quantitative estimate of drug-likeness (QED) is 0.180. The van der Waals surface area contributed by atoms with E-state index in [4.69, 9.17) is 23.0 Å². The van der Waals surface area contributed by atoms with Crippen molar-refractivity contribution in [2.75, 3.05) is 21.3 Å². The molecule has 2 heterocycles. The van der Waals surface area contributed by atoms with Gasteiger partial charge in [-0.05, 0) is 36.4 Å². The molecule has 5 aromatic rings. The van der Waals surface area contributed by atoms with Crippen LogP contribution in [0.1, 0.15) is 5.56 Å². The molecule has 0 radical (unpaired) electrons. The van der Waals surface area contributed by atoms with Crippen molar-refractivity contribution >= 4 is 27.9 Å². The molecule has 0 aliphatic rings. The molecule has 0 aliphatic heterocycles. The SMILES string of the molecule is COC(=O)Cc1c(-c2ccc(OC)c(OC)c2)oc2cc(O)c3c(=O)c(O)c(-c4ccc(O)c(O)c4)oc3c12. The maximum atomic E-state index is 13.2. The minimum absolute atomic E-state index is 0.0661. The van der Waals surface area contributed by atoms with Gasteiger partial charge in [-0.3, -0.25) is 9.59 Å². The van der Waals surface area contributed by atoms with E-state index in [0.29, 0.717) is 17.1 Å². The van der Waals surface area contributed by atoms with Crippen molar-refractivity contribution in [1.29, 1.82) is 0 Å². The van der Waals surface area contributed by atoms with E-state index in [0.717, 1.165) is 12.1 Å². The van der Waals surface area contributed by atoms with E-state index in [1.165, 1.54) is 33.5 Å². The van der Waals surface area contributed by atoms with E-state index in [1.807, 2.05) is 0 Å². The molecular weight excluding hydrogens is 512 g/mol. The molecule has 0 spiro atoms. The first-order valence-electron chi connectivity index (χ1n) is 11.5. The Hall–Kier alpha value is -5.32. The summed E-state index contributed by atoms with van der Waals surface area (Å²) in [6, 6.07) is 9.71. The summed E-state index contributed by atoms with van der Waals surface area (Å²) in [7, 11) is 4.17. The van der Waals surface area contributed by atoms with Gasteiger partial charge in [0.1, 0.15) is 22.5 Å². The van der Waals surface area contributed by atoms with Crippen molar-refractivity contribution in [3.8, 4) is 57.1 Å². The first kappa shape index (κ1) is 25.3. The number of methoxy groups -OCH3 is 3. The lowest BCUT2D eigenvalue weighted by Crippen LogP contribution is -2.06. The Morgan fingerprint density at radius 2 is 1.46 bits per heavy atom. The number of benzene rings is 3. The van der Waals surface area contributed by atoms with Crippen LogP contribution in [0.15, 0.2) is 56.1 Å². The van der Waals surface area contributed by atoms with Crippen molar-refractivity contribution in [3.63, 3.8) is 0 Å². The van der Waals surface area contributed by atoms with E-state index in [1.54, 1.807) is 18.2 Å². The third-order valence-electron chi connectivity index (χ3n) is 6.31. The van der Waals surface area contributed by atoms with Crippen molar-refractivity contribution in [2.24, 2.45) is 0 Å². The summed E-state index contributed by atoms with van der Waals surface area (Å²) >= 11 is 0. The fourth-order valence-corrected chi connectivity index (χ4v) is 4.42. The molecule has 0 unspecified atom stereocenters. The highest BCUT2D eigenvalue weighted by Crippen LogP contribution is 2.44. The molecule has 0 atom stereocenters. The second kappa shape index (κ2) is 9.53. The number of esters is 1. The van der Waals surface area contributed by atoms with Crippen LogP contribution in [-0.2, 0) is 16.0 Å². The molecule has 5 rings (SSSR count). The number of carbonyl (C=O) groups excluding carboxylic acids is 1. The zero-order valence-corrected chi connectivity index (χ0v) is 20.9. The Kier molecular flexibility index (Phi) is 6.19. The highest BCUT2D eigenvalue weighted by atomic mass is 16.5. The smallest absolute Gasteiger partial charge is 0.310 e. The topological polar surface area (TPSA) is 169 Å². The summed E-state index contributed by atoms with van der Waals surface area (Å²) in [6.45, 7) is 0. The summed E-state index contributed by atoms with van der Waals surface area (Å²) in [5, 5.41) is 40.9. The minimum Gasteiger partial charge on any atom is -0.507 e. The number of carbonyl (C=O) groups is 1. The van der Waals surface area contributed by atoms with E-state index < -0.39 is 34.4 Å². The first-order valence-corrected chi connectivity index (χ1v) is 11.5. The fraction of sp³-hybridized carbons (Fsp3) is 0.143. The molecule has 0 saturated heterocycles. The number of phenolic OH excluding ortho intramolecular Hbond substituents is 3. The van der Waals surface area contributed by atoms with E-state index >= 15 is 0 Å². The molecule has 200 valence electrons. The first-order chi connectivity index (χ1) is 18.7. The van der Waals surface area contributed by atoms with Gasteiger partial charge in [-0.1, -0.05) is 0 Å². The van der Waals surface area contributed by atoms with Gasteiger partial charge < -0.3 is 43.5 Å². The Morgan fingerprint density at radius 3 is 2.13 bits per heavy atom. The van der Waals surface area contributed by atoms with Crippen molar-refractivity contribution in [1.82, 2.24) is 0 Å². The number of ether oxygens (including phenoxy) is 3. The average molecular weight is 534 g/mol. The number of hydrogen-bond acceptors (Lipinski definition) is 11. The lowest BCUT2D eigenvalue weighted by atomic mass is 10.00. The highest BCUT2D eigenvalue weighted by Gasteiger charge is 2.27. The van der Waals surface area contributed by atoms with Gasteiger partial charge in [0.2, 0.25) is 11.2 Å². The molecule has 0 amide bonds. The number of fused-ring (bicyclic) bond motifs is 3. The number of rotatable bonds is 6. The van der Waals surface area contributed by atoms with Crippen LogP contribution in [0.5, 0.6) is 34.5 Å². The summed E-state index contributed by atoms with van der Waals surface area (Å²) in [6.07, 6.45) is -0.299. The largest absolute Gasteiger partial charge is 0.507 e. The molecule has 11 heteroatoms. The van der Waals surface area contributed by atoms with Gasteiger partial charge in [-0.15, -0.1) is 0 Å². The number of aromatic hydroxyl groups is 4. The maximum Gasteiger partial charge on any atom is 0.310 e. The molecule has 3 aromatic carbocycles. The lowest BCUT2D eigenvalue weighted by molar-refractivity contribution is -0.139. The third kappa shape index (κ3) is 4.09. The van der Waals surface area contributed by atoms with Gasteiger partial charge in [0.25, 0.3) is 0 Å². The van der Waals surface area contributed by atoms with E-state index in [9.17, 15) is 30.0 Å². The molecule has 39 heavy (non-hydrogen) atoms. The van der Waals surface area contributed by atoms with Crippen molar-refractivity contribution in [2.45, 2.75) is 6.42 Å². The molecule has 4 N–H and O–H groups in total. The minimum atomic E-state index is -0.962. The van der Waals surface area contributed by atoms with Gasteiger partial charge in [0.05, 0.1) is 33.1 Å². The fourth-order valence-electron chi connectivity index (χ4n) is 4.42. The van der Waals surface area contributed by atoms with Crippen LogP contribution in [0.2, 0.25) is 0 Å². The maximum absolute atomic E-state index is 13.2. The van der Waals surface area contributed by atoms with Crippen molar-refractivity contribution in [3.05, 3.63) is 58.3 Å². The Morgan fingerprint density at radius 1 is 0.769 bits per heavy atom. The Labute approximate surface area is 219 Å². The molecule has 0 bridgehead atoms. The zero-order chi connectivity index (χ0) is 28.0. The van der Waals surface area contributed by atoms with Gasteiger partial charge in [0, 0.05) is 22.8 Å². The summed E-state index contributed by atoms with van der Waals surface area (Å²) in [4.78, 5) is 25.7. The van der Waals surface area contributed by atoms with Gasteiger partial charge in [0.15, 0.2) is 34.3 Å². The third-order valence-corrected chi connectivity index (χ3v) is 6.31. The molecule has 0 saturated carbocycles. The predicted molar refractivity (Wildman–Crippen MR) is 139 cm³/mol. The van der Waals surface area contributed by atoms with Crippen LogP contribution in [0.25, 0.3) is 44.6 Å². The lowest BCUT2D eigenvalue weighted by Gasteiger charge is -2.10. The number of furan rings is 1. The van der Waals surface area contributed by atoms with Crippen LogP contribution in [0, 0.1) is 0 Å². The number of phenols is 3. The zero-order valence-electron chi connectivity index (χ0n) is 20.9. The van der Waals surface area contributed by atoms with Gasteiger partial charge in [-0.25, -0.2) is 0 Å². The summed E-state index contributed by atoms with van der Waals surface area (Å²) in [5.41, 5.74) is -0.225. The Balaban J connectivity index is 1.89.